The molecule has 6 nitrogen and oxygen atoms in total. The normalized spacial score (nSPS) is 18.9. The van der Waals surface area contributed by atoms with E-state index in [1.807, 2.05) is 35.2 Å². The number of piperidine rings is 1. The van der Waals surface area contributed by atoms with Gasteiger partial charge in [0, 0.05) is 37.7 Å². The minimum Gasteiger partial charge on any atom is -0.439 e. The van der Waals surface area contributed by atoms with Gasteiger partial charge < -0.3 is 14.6 Å². The number of benzene rings is 1. The van der Waals surface area contributed by atoms with Crippen molar-refractivity contribution in [1.29, 1.82) is 0 Å². The molecule has 2 aliphatic rings. The third-order valence-corrected chi connectivity index (χ3v) is 5.34. The van der Waals surface area contributed by atoms with E-state index in [1.165, 1.54) is 0 Å². The molecule has 2 fully saturated rings. The van der Waals surface area contributed by atoms with Crippen LogP contribution in [0.4, 0.5) is 0 Å². The van der Waals surface area contributed by atoms with Crippen molar-refractivity contribution in [1.82, 2.24) is 20.1 Å². The average molecular weight is 391 g/mol. The van der Waals surface area contributed by atoms with Crippen molar-refractivity contribution in [3.63, 3.8) is 0 Å². The van der Waals surface area contributed by atoms with Crippen LogP contribution >= 0.6 is 12.4 Å². The summed E-state index contributed by atoms with van der Waals surface area (Å²) in [6.45, 7) is 5.97. The Morgan fingerprint density at radius 1 is 1.11 bits per heavy atom. The molecule has 0 bridgehead atoms. The number of rotatable bonds is 4. The van der Waals surface area contributed by atoms with E-state index in [1.54, 1.807) is 6.20 Å². The monoisotopic (exact) mass is 390 g/mol. The van der Waals surface area contributed by atoms with E-state index < -0.39 is 0 Å². The molecule has 4 rings (SSSR count). The van der Waals surface area contributed by atoms with Crippen LogP contribution in [0.25, 0.3) is 11.3 Å². The highest BCUT2D eigenvalue weighted by Gasteiger charge is 2.28. The summed E-state index contributed by atoms with van der Waals surface area (Å²) in [5.74, 6) is 2.10. The van der Waals surface area contributed by atoms with Crippen LogP contribution in [0.5, 0.6) is 0 Å². The maximum Gasteiger partial charge on any atom is 0.225 e. The van der Waals surface area contributed by atoms with Gasteiger partial charge in [0.2, 0.25) is 11.8 Å². The van der Waals surface area contributed by atoms with E-state index in [0.29, 0.717) is 12.5 Å². The zero-order valence-electron chi connectivity index (χ0n) is 15.5. The van der Waals surface area contributed by atoms with Gasteiger partial charge in [-0.1, -0.05) is 30.3 Å². The molecule has 2 aromatic rings. The first kappa shape index (κ1) is 19.9. The van der Waals surface area contributed by atoms with Crippen molar-refractivity contribution in [2.45, 2.75) is 19.4 Å². The molecule has 0 saturated carbocycles. The van der Waals surface area contributed by atoms with Gasteiger partial charge in [-0.3, -0.25) is 9.69 Å². The van der Waals surface area contributed by atoms with Gasteiger partial charge in [-0.2, -0.15) is 0 Å². The second kappa shape index (κ2) is 9.35. The molecule has 1 amide bonds. The number of piperazine rings is 1. The molecular weight excluding hydrogens is 364 g/mol. The van der Waals surface area contributed by atoms with E-state index in [4.69, 9.17) is 4.42 Å². The van der Waals surface area contributed by atoms with E-state index in [2.05, 4.69) is 15.2 Å². The van der Waals surface area contributed by atoms with Crippen LogP contribution in [0.15, 0.2) is 40.9 Å². The molecule has 1 aromatic carbocycles. The summed E-state index contributed by atoms with van der Waals surface area (Å²) in [4.78, 5) is 21.4. The number of hydrogen-bond donors (Lipinski definition) is 1. The Balaban J connectivity index is 0.00000210. The van der Waals surface area contributed by atoms with Crippen LogP contribution in [-0.2, 0) is 11.3 Å². The fourth-order valence-electron chi connectivity index (χ4n) is 3.76. The first-order chi connectivity index (χ1) is 12.8. The Kier molecular flexibility index (Phi) is 6.88. The number of carbonyl (C=O) groups is 1. The first-order valence-electron chi connectivity index (χ1n) is 9.51. The van der Waals surface area contributed by atoms with Gasteiger partial charge >= 0.3 is 0 Å². The molecule has 0 unspecified atom stereocenters. The lowest BCUT2D eigenvalue weighted by Crippen LogP contribution is -2.51. The van der Waals surface area contributed by atoms with Crippen LogP contribution in [0.1, 0.15) is 18.7 Å². The number of halogens is 1. The molecule has 1 N–H and O–H groups in total. The lowest BCUT2D eigenvalue weighted by molar-refractivity contribution is -0.138. The molecule has 0 radical (unpaired) electrons. The number of amides is 1. The molecule has 0 atom stereocenters. The average Bonchev–Trinajstić information content (AvgIpc) is 3.18. The van der Waals surface area contributed by atoms with Crippen molar-refractivity contribution >= 4 is 18.3 Å². The third kappa shape index (κ3) is 4.89. The molecule has 146 valence electrons. The highest BCUT2D eigenvalue weighted by Crippen LogP contribution is 2.21. The van der Waals surface area contributed by atoms with Crippen molar-refractivity contribution in [2.75, 3.05) is 39.3 Å². The molecular formula is C20H27ClN4O2. The van der Waals surface area contributed by atoms with Gasteiger partial charge in [0.1, 0.15) is 0 Å². The Hall–Kier alpha value is -1.89. The predicted molar refractivity (Wildman–Crippen MR) is 107 cm³/mol. The van der Waals surface area contributed by atoms with Gasteiger partial charge in [-0.05, 0) is 25.9 Å². The highest BCUT2D eigenvalue weighted by molar-refractivity contribution is 5.85. The molecule has 3 heterocycles. The summed E-state index contributed by atoms with van der Waals surface area (Å²) >= 11 is 0. The molecule has 2 aliphatic heterocycles. The van der Waals surface area contributed by atoms with Gasteiger partial charge in [0.25, 0.3) is 0 Å². The maximum absolute atomic E-state index is 12.6. The number of nitrogens with zero attached hydrogens (tertiary/aromatic N) is 3. The topological polar surface area (TPSA) is 61.6 Å². The lowest BCUT2D eigenvalue weighted by atomic mass is 9.96. The third-order valence-electron chi connectivity index (χ3n) is 5.34. The standard InChI is InChI=1S/C20H26N4O2.ClH/c25-20(17-6-8-21-9-7-17)24-12-10-23(11-13-24)15-19-22-14-18(26-19)16-4-2-1-3-5-16;/h1-5,14,17,21H,6-13,15H2;1H. The Bertz CT molecular complexity index is 723. The lowest BCUT2D eigenvalue weighted by Gasteiger charge is -2.36. The van der Waals surface area contributed by atoms with Gasteiger partial charge in [-0.25, -0.2) is 4.98 Å². The fraction of sp³-hybridized carbons (Fsp3) is 0.500. The Morgan fingerprint density at radius 2 is 1.81 bits per heavy atom. The molecule has 27 heavy (non-hydrogen) atoms. The second-order valence-electron chi connectivity index (χ2n) is 7.11. The Morgan fingerprint density at radius 3 is 2.52 bits per heavy atom. The highest BCUT2D eigenvalue weighted by atomic mass is 35.5. The van der Waals surface area contributed by atoms with Crippen molar-refractivity contribution in [3.8, 4) is 11.3 Å². The summed E-state index contributed by atoms with van der Waals surface area (Å²) in [6.07, 6.45) is 3.73. The zero-order valence-corrected chi connectivity index (χ0v) is 16.3. The van der Waals surface area contributed by atoms with Crippen LogP contribution < -0.4 is 5.32 Å². The minimum absolute atomic E-state index is 0. The first-order valence-corrected chi connectivity index (χ1v) is 9.51. The number of aromatic nitrogens is 1. The van der Waals surface area contributed by atoms with Crippen LogP contribution in [-0.4, -0.2) is 60.0 Å². The summed E-state index contributed by atoms with van der Waals surface area (Å²) < 4.78 is 5.90. The molecule has 0 aliphatic carbocycles. The van der Waals surface area contributed by atoms with Crippen molar-refractivity contribution in [2.24, 2.45) is 5.92 Å². The van der Waals surface area contributed by atoms with Crippen LogP contribution in [0.3, 0.4) is 0 Å². The second-order valence-corrected chi connectivity index (χ2v) is 7.11. The Labute approximate surface area is 166 Å². The summed E-state index contributed by atoms with van der Waals surface area (Å²) in [5.41, 5.74) is 1.05. The largest absolute Gasteiger partial charge is 0.439 e. The van der Waals surface area contributed by atoms with E-state index in [0.717, 1.165) is 69.3 Å². The maximum atomic E-state index is 12.6. The summed E-state index contributed by atoms with van der Waals surface area (Å²) in [5, 5.41) is 3.32. The SMILES string of the molecule is Cl.O=C(C1CCNCC1)N1CCN(Cc2ncc(-c3ccccc3)o2)CC1. The van der Waals surface area contributed by atoms with Crippen LogP contribution in [0, 0.1) is 5.92 Å². The molecule has 7 heteroatoms. The zero-order chi connectivity index (χ0) is 17.8. The van der Waals surface area contributed by atoms with Crippen molar-refractivity contribution in [3.05, 3.63) is 42.4 Å². The van der Waals surface area contributed by atoms with Crippen LogP contribution in [0.2, 0.25) is 0 Å². The van der Waals surface area contributed by atoms with E-state index in [9.17, 15) is 4.79 Å². The quantitative estimate of drug-likeness (QED) is 0.868. The molecule has 1 aromatic heterocycles. The van der Waals surface area contributed by atoms with Gasteiger partial charge in [0.15, 0.2) is 5.76 Å². The molecule has 2 saturated heterocycles. The van der Waals surface area contributed by atoms with Gasteiger partial charge in [-0.15, -0.1) is 12.4 Å². The minimum atomic E-state index is 0. The number of nitrogens with one attached hydrogen (secondary N) is 1. The number of carbonyl (C=O) groups excluding carboxylic acids is 1. The fourth-order valence-corrected chi connectivity index (χ4v) is 3.76. The summed E-state index contributed by atoms with van der Waals surface area (Å²) in [6, 6.07) is 10.0. The smallest absolute Gasteiger partial charge is 0.225 e. The number of hydrogen-bond acceptors (Lipinski definition) is 5. The van der Waals surface area contributed by atoms with Gasteiger partial charge in [0.05, 0.1) is 12.7 Å². The van der Waals surface area contributed by atoms with Crippen molar-refractivity contribution < 1.29 is 9.21 Å². The van der Waals surface area contributed by atoms with E-state index >= 15 is 0 Å². The molecule has 0 spiro atoms. The summed E-state index contributed by atoms with van der Waals surface area (Å²) in [7, 11) is 0. The number of oxazole rings is 1. The van der Waals surface area contributed by atoms with E-state index in [-0.39, 0.29) is 18.3 Å². The predicted octanol–water partition coefficient (Wildman–Crippen LogP) is 2.41.